The Morgan fingerprint density at radius 2 is 2.07 bits per heavy atom. The van der Waals surface area contributed by atoms with Gasteiger partial charge in [0.25, 0.3) is 0 Å². The molecule has 0 unspecified atom stereocenters. The van der Waals surface area contributed by atoms with E-state index in [-0.39, 0.29) is 11.3 Å². The summed E-state index contributed by atoms with van der Waals surface area (Å²) in [6.45, 7) is 8.98. The van der Waals surface area contributed by atoms with E-state index in [1.54, 1.807) is 7.05 Å². The molecule has 0 bridgehead atoms. The van der Waals surface area contributed by atoms with Crippen LogP contribution in [0.25, 0.3) is 0 Å². The van der Waals surface area contributed by atoms with Crippen LogP contribution in [0.2, 0.25) is 0 Å². The summed E-state index contributed by atoms with van der Waals surface area (Å²) in [6.07, 6.45) is 0.984. The van der Waals surface area contributed by atoms with Crippen LogP contribution in [0.3, 0.4) is 0 Å². The zero-order valence-corrected chi connectivity index (χ0v) is 10.4. The van der Waals surface area contributed by atoms with E-state index in [0.717, 1.165) is 26.2 Å². The number of carbonyl (C=O) groups is 1. The van der Waals surface area contributed by atoms with Crippen molar-refractivity contribution in [2.24, 2.45) is 5.41 Å². The minimum atomic E-state index is -0.347. The van der Waals surface area contributed by atoms with E-state index >= 15 is 0 Å². The highest BCUT2D eigenvalue weighted by atomic mass is 16.5. The van der Waals surface area contributed by atoms with Gasteiger partial charge < -0.3 is 15.4 Å². The summed E-state index contributed by atoms with van der Waals surface area (Å²) >= 11 is 0. The van der Waals surface area contributed by atoms with Crippen molar-refractivity contribution in [2.75, 3.05) is 33.4 Å². The summed E-state index contributed by atoms with van der Waals surface area (Å²) in [5, 5.41) is 5.92. The lowest BCUT2D eigenvalue weighted by Gasteiger charge is -2.22. The van der Waals surface area contributed by atoms with Crippen LogP contribution >= 0.6 is 0 Å². The number of amides is 1. The van der Waals surface area contributed by atoms with Crippen LogP contribution in [0.4, 0.5) is 0 Å². The Morgan fingerprint density at radius 1 is 1.40 bits per heavy atom. The largest absolute Gasteiger partial charge is 0.382 e. The molecular weight excluding hydrogens is 192 g/mol. The van der Waals surface area contributed by atoms with Crippen molar-refractivity contribution in [3.05, 3.63) is 0 Å². The van der Waals surface area contributed by atoms with Gasteiger partial charge in [-0.05, 0) is 33.7 Å². The zero-order valence-electron chi connectivity index (χ0n) is 10.4. The maximum absolute atomic E-state index is 11.4. The predicted octanol–water partition coefficient (Wildman–Crippen LogP) is 0.775. The van der Waals surface area contributed by atoms with E-state index < -0.39 is 0 Å². The molecule has 0 atom stereocenters. The first-order chi connectivity index (χ1) is 7.04. The fourth-order valence-corrected chi connectivity index (χ4v) is 1.26. The second kappa shape index (κ2) is 7.65. The van der Waals surface area contributed by atoms with E-state index in [2.05, 4.69) is 10.6 Å². The third kappa shape index (κ3) is 6.47. The SMILES string of the molecule is CCOCCCNCC(C)(C)C(=O)NC. The molecule has 0 aromatic heterocycles. The predicted molar refractivity (Wildman–Crippen MR) is 61.8 cm³/mol. The van der Waals surface area contributed by atoms with Crippen LogP contribution in [0, 0.1) is 5.41 Å². The average Bonchev–Trinajstić information content (AvgIpc) is 2.22. The number of rotatable bonds is 8. The summed E-state index contributed by atoms with van der Waals surface area (Å²) in [5.74, 6) is 0.0693. The number of carbonyl (C=O) groups excluding carboxylic acids is 1. The van der Waals surface area contributed by atoms with Crippen LogP contribution in [-0.2, 0) is 9.53 Å². The molecule has 0 heterocycles. The minimum Gasteiger partial charge on any atom is -0.382 e. The highest BCUT2D eigenvalue weighted by Crippen LogP contribution is 2.12. The summed E-state index contributed by atoms with van der Waals surface area (Å²) in [4.78, 5) is 11.4. The van der Waals surface area contributed by atoms with Gasteiger partial charge in [0.1, 0.15) is 0 Å². The van der Waals surface area contributed by atoms with E-state index in [9.17, 15) is 4.79 Å². The Bertz CT molecular complexity index is 181. The molecule has 90 valence electrons. The Hall–Kier alpha value is -0.610. The Labute approximate surface area is 92.8 Å². The van der Waals surface area contributed by atoms with Gasteiger partial charge in [0.2, 0.25) is 5.91 Å². The molecule has 0 aliphatic heterocycles. The van der Waals surface area contributed by atoms with Crippen molar-refractivity contribution < 1.29 is 9.53 Å². The standard InChI is InChI=1S/C11H24N2O2/c1-5-15-8-6-7-13-9-11(2,3)10(14)12-4/h13H,5-9H2,1-4H3,(H,12,14). The molecule has 0 fully saturated rings. The summed E-state index contributed by atoms with van der Waals surface area (Å²) in [6, 6.07) is 0. The molecule has 0 saturated carbocycles. The smallest absolute Gasteiger partial charge is 0.226 e. The molecule has 0 saturated heterocycles. The summed E-state index contributed by atoms with van der Waals surface area (Å²) in [5.41, 5.74) is -0.347. The second-order valence-electron chi connectivity index (χ2n) is 4.19. The molecule has 15 heavy (non-hydrogen) atoms. The maximum Gasteiger partial charge on any atom is 0.226 e. The van der Waals surface area contributed by atoms with Gasteiger partial charge in [-0.25, -0.2) is 0 Å². The molecule has 1 amide bonds. The van der Waals surface area contributed by atoms with Crippen molar-refractivity contribution in [1.82, 2.24) is 10.6 Å². The zero-order chi connectivity index (χ0) is 11.7. The lowest BCUT2D eigenvalue weighted by atomic mass is 9.92. The molecule has 0 aliphatic rings. The average molecular weight is 216 g/mol. The molecule has 2 N–H and O–H groups in total. The lowest BCUT2D eigenvalue weighted by molar-refractivity contribution is -0.128. The van der Waals surface area contributed by atoms with Gasteiger partial charge >= 0.3 is 0 Å². The van der Waals surface area contributed by atoms with Gasteiger partial charge in [-0.2, -0.15) is 0 Å². The second-order valence-corrected chi connectivity index (χ2v) is 4.19. The van der Waals surface area contributed by atoms with Crippen molar-refractivity contribution in [2.45, 2.75) is 27.2 Å². The molecule has 0 spiro atoms. The summed E-state index contributed by atoms with van der Waals surface area (Å²) in [7, 11) is 1.67. The maximum atomic E-state index is 11.4. The number of nitrogens with one attached hydrogen (secondary N) is 2. The Kier molecular flexibility index (Phi) is 7.34. The van der Waals surface area contributed by atoms with Gasteiger partial charge in [-0.3, -0.25) is 4.79 Å². The summed E-state index contributed by atoms with van der Waals surface area (Å²) < 4.78 is 5.22. The van der Waals surface area contributed by atoms with Crippen LogP contribution in [0.1, 0.15) is 27.2 Å². The normalized spacial score (nSPS) is 11.5. The number of hydrogen-bond acceptors (Lipinski definition) is 3. The molecule has 4 heteroatoms. The van der Waals surface area contributed by atoms with Gasteiger partial charge in [0, 0.05) is 26.8 Å². The van der Waals surface area contributed by atoms with Crippen LogP contribution in [-0.4, -0.2) is 39.3 Å². The van der Waals surface area contributed by atoms with Gasteiger partial charge in [-0.15, -0.1) is 0 Å². The minimum absolute atomic E-state index is 0.0693. The van der Waals surface area contributed by atoms with Crippen LogP contribution in [0.15, 0.2) is 0 Å². The first-order valence-corrected chi connectivity index (χ1v) is 5.55. The fourth-order valence-electron chi connectivity index (χ4n) is 1.26. The van der Waals surface area contributed by atoms with Crippen LogP contribution in [0.5, 0.6) is 0 Å². The topological polar surface area (TPSA) is 50.4 Å². The van der Waals surface area contributed by atoms with Gasteiger partial charge in [0.05, 0.1) is 5.41 Å². The van der Waals surface area contributed by atoms with E-state index in [0.29, 0.717) is 6.54 Å². The first kappa shape index (κ1) is 14.4. The van der Waals surface area contributed by atoms with Gasteiger partial charge in [-0.1, -0.05) is 0 Å². The van der Waals surface area contributed by atoms with Crippen molar-refractivity contribution >= 4 is 5.91 Å². The molecule has 0 aromatic rings. The molecule has 0 aliphatic carbocycles. The number of hydrogen-bond donors (Lipinski definition) is 2. The third-order valence-corrected chi connectivity index (χ3v) is 2.26. The molecule has 0 radical (unpaired) electrons. The monoisotopic (exact) mass is 216 g/mol. The van der Waals surface area contributed by atoms with E-state index in [4.69, 9.17) is 4.74 Å². The Balaban J connectivity index is 3.53. The molecule has 4 nitrogen and oxygen atoms in total. The third-order valence-electron chi connectivity index (χ3n) is 2.26. The molecule has 0 aromatic carbocycles. The molecular formula is C11H24N2O2. The quantitative estimate of drug-likeness (QED) is 0.589. The highest BCUT2D eigenvalue weighted by molar-refractivity contribution is 5.81. The van der Waals surface area contributed by atoms with E-state index in [1.807, 2.05) is 20.8 Å². The highest BCUT2D eigenvalue weighted by Gasteiger charge is 2.25. The van der Waals surface area contributed by atoms with Crippen molar-refractivity contribution in [3.8, 4) is 0 Å². The first-order valence-electron chi connectivity index (χ1n) is 5.55. The van der Waals surface area contributed by atoms with E-state index in [1.165, 1.54) is 0 Å². The van der Waals surface area contributed by atoms with Crippen molar-refractivity contribution in [1.29, 1.82) is 0 Å². The van der Waals surface area contributed by atoms with Crippen LogP contribution < -0.4 is 10.6 Å². The van der Waals surface area contributed by atoms with Crippen molar-refractivity contribution in [3.63, 3.8) is 0 Å². The lowest BCUT2D eigenvalue weighted by Crippen LogP contribution is -2.42. The number of ether oxygens (including phenoxy) is 1. The fraction of sp³-hybridized carbons (Fsp3) is 0.909. The molecule has 0 rings (SSSR count). The van der Waals surface area contributed by atoms with Gasteiger partial charge in [0.15, 0.2) is 0 Å². The Morgan fingerprint density at radius 3 is 2.60 bits per heavy atom.